The molecule has 1 aromatic carbocycles. The van der Waals surface area contributed by atoms with E-state index in [0.717, 1.165) is 4.90 Å². The smallest absolute Gasteiger partial charge is 0.413 e. The summed E-state index contributed by atoms with van der Waals surface area (Å²) >= 11 is 0. The number of nitrogens with one attached hydrogen (secondary N) is 2. The first-order valence-electron chi connectivity index (χ1n) is 8.90. The molecule has 0 bridgehead atoms. The van der Waals surface area contributed by atoms with Gasteiger partial charge in [0.15, 0.2) is 17.5 Å². The number of carbonyl (C=O) groups is 3. The average molecular weight is 378 g/mol. The zero-order valence-electron chi connectivity index (χ0n) is 15.4. The number of methoxy groups -OCH3 is 1. The number of carbonyl (C=O) groups excluding carboxylic acids is 3. The number of imide groups is 1. The Balaban J connectivity index is 1.51. The Morgan fingerprint density at radius 2 is 1.89 bits per heavy atom. The minimum absolute atomic E-state index is 0.116. The molecule has 1 saturated heterocycles. The van der Waals surface area contributed by atoms with Crippen LogP contribution in [-0.2, 0) is 14.3 Å². The summed E-state index contributed by atoms with van der Waals surface area (Å²) in [6.45, 7) is 4.15. The molecule has 3 rings (SSSR count). The van der Waals surface area contributed by atoms with Crippen molar-refractivity contribution in [2.75, 3.05) is 39.9 Å². The van der Waals surface area contributed by atoms with E-state index in [0.29, 0.717) is 37.7 Å². The Morgan fingerprint density at radius 1 is 1.22 bits per heavy atom. The fourth-order valence-electron chi connectivity index (χ4n) is 3.24. The van der Waals surface area contributed by atoms with Crippen LogP contribution in [0.15, 0.2) is 24.3 Å². The van der Waals surface area contributed by atoms with Crippen molar-refractivity contribution in [1.29, 1.82) is 0 Å². The molecule has 146 valence electrons. The van der Waals surface area contributed by atoms with Crippen LogP contribution in [0.1, 0.15) is 6.92 Å². The predicted molar refractivity (Wildman–Crippen MR) is 93.6 cm³/mol. The maximum atomic E-state index is 12.7. The molecule has 0 unspecified atom stereocenters. The molecule has 27 heavy (non-hydrogen) atoms. The van der Waals surface area contributed by atoms with Crippen LogP contribution in [0.25, 0.3) is 0 Å². The van der Waals surface area contributed by atoms with E-state index in [2.05, 4.69) is 10.1 Å². The highest BCUT2D eigenvalue weighted by Gasteiger charge is 2.36. The number of benzene rings is 1. The fourth-order valence-corrected chi connectivity index (χ4v) is 3.24. The summed E-state index contributed by atoms with van der Waals surface area (Å²) in [5.41, 5.74) is 0. The first kappa shape index (κ1) is 19.0. The number of nitrogens with zero attached hydrogens (tertiary/aromatic N) is 1. The van der Waals surface area contributed by atoms with E-state index in [1.165, 1.54) is 7.11 Å². The number of hydrogen-bond acceptors (Lipinski definition) is 6. The summed E-state index contributed by atoms with van der Waals surface area (Å²) in [5.74, 6) is 0.702. The molecular weight excluding hydrogens is 354 g/mol. The van der Waals surface area contributed by atoms with E-state index in [1.54, 1.807) is 24.0 Å². The number of hydrogen-bond donors (Lipinski definition) is 2. The molecule has 2 atom stereocenters. The molecule has 0 radical (unpaired) electrons. The molecule has 1 aromatic rings. The van der Waals surface area contributed by atoms with Crippen molar-refractivity contribution in [3.63, 3.8) is 0 Å². The van der Waals surface area contributed by atoms with Gasteiger partial charge in [-0.05, 0) is 19.1 Å². The number of quaternary nitrogens is 1. The average Bonchev–Trinajstić information content (AvgIpc) is 2.72. The third kappa shape index (κ3) is 4.30. The topological polar surface area (TPSA) is 98.6 Å². The number of amides is 3. The van der Waals surface area contributed by atoms with Crippen LogP contribution >= 0.6 is 0 Å². The van der Waals surface area contributed by atoms with Crippen molar-refractivity contribution in [1.82, 2.24) is 10.2 Å². The number of alkyl carbamates (subject to hydrolysis) is 1. The van der Waals surface area contributed by atoms with Crippen molar-refractivity contribution in [2.45, 2.75) is 19.1 Å². The predicted octanol–water partition coefficient (Wildman–Crippen LogP) is -1.18. The SMILES string of the molecule is COC(=O)NC(=O)[C@H](C)[NH+]1CCN(C(=O)[C@@H]2COc3ccccc3O2)CC1. The number of ether oxygens (including phenoxy) is 3. The number of rotatable bonds is 3. The largest absolute Gasteiger partial charge is 0.485 e. The van der Waals surface area contributed by atoms with Crippen molar-refractivity contribution in [3.8, 4) is 11.5 Å². The van der Waals surface area contributed by atoms with E-state index in [-0.39, 0.29) is 12.5 Å². The van der Waals surface area contributed by atoms with Crippen LogP contribution in [0, 0.1) is 0 Å². The minimum Gasteiger partial charge on any atom is -0.485 e. The van der Waals surface area contributed by atoms with E-state index < -0.39 is 24.1 Å². The van der Waals surface area contributed by atoms with Gasteiger partial charge in [0.25, 0.3) is 11.8 Å². The molecule has 0 aliphatic carbocycles. The van der Waals surface area contributed by atoms with Crippen molar-refractivity contribution >= 4 is 17.9 Å². The van der Waals surface area contributed by atoms with E-state index in [1.807, 2.05) is 12.1 Å². The molecule has 0 aromatic heterocycles. The molecule has 0 spiro atoms. The molecule has 9 nitrogen and oxygen atoms in total. The molecule has 3 amide bonds. The van der Waals surface area contributed by atoms with Crippen LogP contribution in [0.2, 0.25) is 0 Å². The van der Waals surface area contributed by atoms with Crippen LogP contribution in [-0.4, -0.2) is 74.8 Å². The molecule has 1 fully saturated rings. The van der Waals surface area contributed by atoms with Crippen LogP contribution in [0.5, 0.6) is 11.5 Å². The highest BCUT2D eigenvalue weighted by molar-refractivity contribution is 5.93. The van der Waals surface area contributed by atoms with E-state index >= 15 is 0 Å². The molecule has 2 aliphatic rings. The Morgan fingerprint density at radius 3 is 2.56 bits per heavy atom. The standard InChI is InChI=1S/C18H23N3O6/c1-12(16(22)19-18(24)25-2)20-7-9-21(10-8-20)17(23)15-11-26-13-5-3-4-6-14(13)27-15/h3-6,12,15H,7-11H2,1-2H3,(H,19,22,24)/p+1/t12-,15-/m0/s1. The Kier molecular flexibility index (Phi) is 5.80. The van der Waals surface area contributed by atoms with Gasteiger partial charge in [-0.3, -0.25) is 14.9 Å². The monoisotopic (exact) mass is 378 g/mol. The molecule has 2 aliphatic heterocycles. The van der Waals surface area contributed by atoms with Gasteiger partial charge in [0, 0.05) is 0 Å². The Labute approximate surface area is 157 Å². The van der Waals surface area contributed by atoms with Gasteiger partial charge in [0.05, 0.1) is 33.3 Å². The summed E-state index contributed by atoms with van der Waals surface area (Å²) in [6.07, 6.45) is -1.43. The second-order valence-corrected chi connectivity index (χ2v) is 6.55. The van der Waals surface area contributed by atoms with Gasteiger partial charge in [-0.15, -0.1) is 0 Å². The zero-order chi connectivity index (χ0) is 19.4. The number of para-hydroxylation sites is 2. The lowest BCUT2D eigenvalue weighted by atomic mass is 10.2. The normalized spacial score (nSPS) is 20.5. The van der Waals surface area contributed by atoms with Crippen molar-refractivity contribution < 1.29 is 33.5 Å². The molecule has 9 heteroatoms. The van der Waals surface area contributed by atoms with Gasteiger partial charge in [-0.1, -0.05) is 12.1 Å². The lowest BCUT2D eigenvalue weighted by Gasteiger charge is -2.36. The highest BCUT2D eigenvalue weighted by Crippen LogP contribution is 2.31. The first-order valence-corrected chi connectivity index (χ1v) is 8.90. The summed E-state index contributed by atoms with van der Waals surface area (Å²) in [5, 5.41) is 2.18. The second kappa shape index (κ2) is 8.26. The van der Waals surface area contributed by atoms with Gasteiger partial charge in [0.1, 0.15) is 6.61 Å². The second-order valence-electron chi connectivity index (χ2n) is 6.55. The molecular formula is C18H24N3O6+. The van der Waals surface area contributed by atoms with E-state index in [4.69, 9.17) is 9.47 Å². The maximum Gasteiger partial charge on any atom is 0.413 e. The van der Waals surface area contributed by atoms with Crippen LogP contribution < -0.4 is 19.7 Å². The number of fused-ring (bicyclic) bond motifs is 1. The zero-order valence-corrected chi connectivity index (χ0v) is 15.4. The summed E-state index contributed by atoms with van der Waals surface area (Å²) < 4.78 is 15.8. The Bertz CT molecular complexity index is 717. The third-order valence-electron chi connectivity index (χ3n) is 4.92. The quantitative estimate of drug-likeness (QED) is 0.688. The minimum atomic E-state index is -0.769. The molecule has 2 heterocycles. The van der Waals surface area contributed by atoms with Crippen molar-refractivity contribution in [2.24, 2.45) is 0 Å². The van der Waals surface area contributed by atoms with Gasteiger partial charge in [-0.2, -0.15) is 0 Å². The van der Waals surface area contributed by atoms with Gasteiger partial charge < -0.3 is 24.0 Å². The van der Waals surface area contributed by atoms with Gasteiger partial charge >= 0.3 is 6.09 Å². The first-order chi connectivity index (χ1) is 13.0. The molecule has 0 saturated carbocycles. The number of piperazine rings is 1. The summed E-state index contributed by atoms with van der Waals surface area (Å²) in [6, 6.07) is 6.85. The lowest BCUT2D eigenvalue weighted by molar-refractivity contribution is -0.917. The maximum absolute atomic E-state index is 12.7. The fraction of sp³-hybridized carbons (Fsp3) is 0.500. The highest BCUT2D eigenvalue weighted by atomic mass is 16.6. The van der Waals surface area contributed by atoms with Gasteiger partial charge in [-0.25, -0.2) is 4.79 Å². The summed E-state index contributed by atoms with van der Waals surface area (Å²) in [7, 11) is 1.21. The van der Waals surface area contributed by atoms with Gasteiger partial charge in [0.2, 0.25) is 6.10 Å². The third-order valence-corrected chi connectivity index (χ3v) is 4.92. The molecule has 2 N–H and O–H groups in total. The summed E-state index contributed by atoms with van der Waals surface area (Å²) in [4.78, 5) is 38.7. The van der Waals surface area contributed by atoms with E-state index in [9.17, 15) is 14.4 Å². The van der Waals surface area contributed by atoms with Crippen molar-refractivity contribution in [3.05, 3.63) is 24.3 Å². The van der Waals surface area contributed by atoms with Crippen LogP contribution in [0.4, 0.5) is 4.79 Å². The lowest BCUT2D eigenvalue weighted by Crippen LogP contribution is -3.19. The Hall–Kier alpha value is -2.81. The van der Waals surface area contributed by atoms with Crippen LogP contribution in [0.3, 0.4) is 0 Å².